The molecule has 0 aromatic carbocycles. The Morgan fingerprint density at radius 1 is 2.00 bits per heavy atom. The van der Waals surface area contributed by atoms with E-state index in [-0.39, 0.29) is 6.61 Å². The van der Waals surface area contributed by atoms with Crippen molar-refractivity contribution in [3.8, 4) is 0 Å². The van der Waals surface area contributed by atoms with Crippen LogP contribution in [0.4, 0.5) is 4.79 Å². The zero-order valence-electron chi connectivity index (χ0n) is 3.97. The van der Waals surface area contributed by atoms with E-state index < -0.39 is 6.09 Å². The predicted molar refractivity (Wildman–Crippen MR) is 21.9 cm³/mol. The van der Waals surface area contributed by atoms with Gasteiger partial charge < -0.3 is 4.74 Å². The van der Waals surface area contributed by atoms with Gasteiger partial charge in [-0.2, -0.15) is 0 Å². The van der Waals surface area contributed by atoms with Crippen LogP contribution in [0, 0.1) is 0 Å². The largest absolute Gasteiger partial charge is 0.448 e. The second kappa shape index (κ2) is 3.42. The molecule has 42 valence electrons. The fourth-order valence-corrected chi connectivity index (χ4v) is 0.163. The molecule has 4 nitrogen and oxygen atoms in total. The number of carbonyl (C=O) groups excluding carboxylic acids is 1. The van der Waals surface area contributed by atoms with E-state index in [2.05, 4.69) is 4.74 Å². The summed E-state index contributed by atoms with van der Waals surface area (Å²) in [5.74, 6) is 0. The van der Waals surface area contributed by atoms with Crippen LogP contribution in [-0.4, -0.2) is 17.9 Å². The smallest absolute Gasteiger partial charge is 0.431 e. The summed E-state index contributed by atoms with van der Waals surface area (Å²) in [5.41, 5.74) is 1.30. The summed E-state index contributed by atoms with van der Waals surface area (Å²) in [6, 6.07) is 0. The highest BCUT2D eigenvalue weighted by molar-refractivity contribution is 5.65. The Kier molecular flexibility index (Phi) is 3.04. The minimum absolute atomic E-state index is 0.270. The average Bonchev–Trinajstić information content (AvgIpc) is 1.68. The molecular formula is C3H7NO3. The lowest BCUT2D eigenvalue weighted by atomic mass is 10.9. The summed E-state index contributed by atoms with van der Waals surface area (Å²) in [5, 5.41) is 7.74. The Morgan fingerprint density at radius 2 is 2.57 bits per heavy atom. The normalized spacial score (nSPS) is 7.71. The third kappa shape index (κ3) is 3.05. The standard InChI is InChI=1S/C3H7NO3/c1-2-7-3(5)4-6/h6H,2H2,1H3,(H,4,5). The Bertz CT molecular complexity index is 63.2. The summed E-state index contributed by atoms with van der Waals surface area (Å²) in [6.45, 7) is 1.92. The first kappa shape index (κ1) is 6.23. The van der Waals surface area contributed by atoms with Crippen LogP contribution in [0.3, 0.4) is 0 Å². The molecule has 0 atom stereocenters. The van der Waals surface area contributed by atoms with Crippen molar-refractivity contribution in [1.29, 1.82) is 0 Å². The Balaban J connectivity index is 3.00. The molecule has 0 radical (unpaired) electrons. The molecule has 0 saturated heterocycles. The van der Waals surface area contributed by atoms with Gasteiger partial charge in [0.1, 0.15) is 0 Å². The van der Waals surface area contributed by atoms with E-state index >= 15 is 0 Å². The van der Waals surface area contributed by atoms with Crippen LogP contribution in [0.1, 0.15) is 6.92 Å². The molecule has 1 amide bonds. The predicted octanol–water partition coefficient (Wildman–Crippen LogP) is 0.122. The van der Waals surface area contributed by atoms with Gasteiger partial charge >= 0.3 is 6.09 Å². The van der Waals surface area contributed by atoms with Crippen molar-refractivity contribution < 1.29 is 14.7 Å². The molecule has 0 heterocycles. The van der Waals surface area contributed by atoms with Crippen LogP contribution in [-0.2, 0) is 4.74 Å². The average molecular weight is 105 g/mol. The van der Waals surface area contributed by atoms with Gasteiger partial charge in [0.15, 0.2) is 0 Å². The molecular weight excluding hydrogens is 98.0 g/mol. The van der Waals surface area contributed by atoms with Gasteiger partial charge in [-0.15, -0.1) is 0 Å². The molecule has 0 spiro atoms. The molecule has 0 aromatic heterocycles. The number of carbonyl (C=O) groups is 1. The van der Waals surface area contributed by atoms with Crippen LogP contribution in [0.25, 0.3) is 0 Å². The van der Waals surface area contributed by atoms with Gasteiger partial charge in [0.05, 0.1) is 6.61 Å². The zero-order chi connectivity index (χ0) is 5.70. The molecule has 0 aromatic rings. The number of hydrogen-bond donors (Lipinski definition) is 2. The SMILES string of the molecule is CCOC(=O)NO. The maximum absolute atomic E-state index is 9.83. The lowest BCUT2D eigenvalue weighted by Crippen LogP contribution is -2.19. The van der Waals surface area contributed by atoms with Crippen LogP contribution in [0.15, 0.2) is 0 Å². The van der Waals surface area contributed by atoms with E-state index in [0.717, 1.165) is 0 Å². The summed E-state index contributed by atoms with van der Waals surface area (Å²) in [6.07, 6.45) is -0.817. The van der Waals surface area contributed by atoms with Gasteiger partial charge in [0.2, 0.25) is 0 Å². The summed E-state index contributed by atoms with van der Waals surface area (Å²) in [4.78, 5) is 9.83. The van der Waals surface area contributed by atoms with Crippen molar-refractivity contribution >= 4 is 6.09 Å². The van der Waals surface area contributed by atoms with Crippen LogP contribution >= 0.6 is 0 Å². The number of amides is 1. The van der Waals surface area contributed by atoms with Gasteiger partial charge in [0, 0.05) is 0 Å². The Morgan fingerprint density at radius 3 is 2.71 bits per heavy atom. The minimum atomic E-state index is -0.817. The molecule has 0 aliphatic carbocycles. The molecule has 0 bridgehead atoms. The van der Waals surface area contributed by atoms with Gasteiger partial charge in [-0.05, 0) is 6.92 Å². The molecule has 4 heteroatoms. The highest BCUT2D eigenvalue weighted by Crippen LogP contribution is 1.70. The highest BCUT2D eigenvalue weighted by Gasteiger charge is 1.91. The lowest BCUT2D eigenvalue weighted by Gasteiger charge is -1.94. The first-order chi connectivity index (χ1) is 3.31. The summed E-state index contributed by atoms with van der Waals surface area (Å²) < 4.78 is 4.19. The van der Waals surface area contributed by atoms with Crippen molar-refractivity contribution in [3.05, 3.63) is 0 Å². The minimum Gasteiger partial charge on any atom is -0.448 e. The van der Waals surface area contributed by atoms with Crippen LogP contribution in [0.2, 0.25) is 0 Å². The lowest BCUT2D eigenvalue weighted by molar-refractivity contribution is 0.0929. The zero-order valence-corrected chi connectivity index (χ0v) is 3.97. The molecule has 2 N–H and O–H groups in total. The maximum Gasteiger partial charge on any atom is 0.431 e. The quantitative estimate of drug-likeness (QED) is 0.368. The molecule has 0 rings (SSSR count). The van der Waals surface area contributed by atoms with Crippen molar-refractivity contribution in [2.75, 3.05) is 6.61 Å². The van der Waals surface area contributed by atoms with E-state index in [1.165, 1.54) is 5.48 Å². The third-order valence-electron chi connectivity index (χ3n) is 0.367. The van der Waals surface area contributed by atoms with E-state index in [1.54, 1.807) is 6.92 Å². The number of hydroxylamine groups is 1. The van der Waals surface area contributed by atoms with E-state index in [0.29, 0.717) is 0 Å². The summed E-state index contributed by atoms with van der Waals surface area (Å²) >= 11 is 0. The van der Waals surface area contributed by atoms with Crippen molar-refractivity contribution in [2.24, 2.45) is 0 Å². The maximum atomic E-state index is 9.83. The number of hydrogen-bond acceptors (Lipinski definition) is 3. The van der Waals surface area contributed by atoms with Crippen molar-refractivity contribution in [1.82, 2.24) is 5.48 Å². The monoisotopic (exact) mass is 105 g/mol. The van der Waals surface area contributed by atoms with Gasteiger partial charge in [-0.25, -0.2) is 10.3 Å². The second-order valence-corrected chi connectivity index (χ2v) is 0.832. The topological polar surface area (TPSA) is 58.6 Å². The fourth-order valence-electron chi connectivity index (χ4n) is 0.163. The molecule has 0 aliphatic rings. The first-order valence-electron chi connectivity index (χ1n) is 1.88. The molecule has 0 saturated carbocycles. The van der Waals surface area contributed by atoms with E-state index in [1.807, 2.05) is 0 Å². The highest BCUT2D eigenvalue weighted by atomic mass is 16.6. The second-order valence-electron chi connectivity index (χ2n) is 0.832. The van der Waals surface area contributed by atoms with Crippen LogP contribution in [0.5, 0.6) is 0 Å². The number of nitrogens with one attached hydrogen (secondary N) is 1. The van der Waals surface area contributed by atoms with Crippen molar-refractivity contribution in [2.45, 2.75) is 6.92 Å². The molecule has 7 heavy (non-hydrogen) atoms. The van der Waals surface area contributed by atoms with Crippen LogP contribution < -0.4 is 5.48 Å². The first-order valence-corrected chi connectivity index (χ1v) is 1.88. The summed E-state index contributed by atoms with van der Waals surface area (Å²) in [7, 11) is 0. The Labute approximate surface area is 41.0 Å². The fraction of sp³-hybridized carbons (Fsp3) is 0.667. The van der Waals surface area contributed by atoms with E-state index in [4.69, 9.17) is 5.21 Å². The van der Waals surface area contributed by atoms with E-state index in [9.17, 15) is 4.79 Å². The van der Waals surface area contributed by atoms with Gasteiger partial charge in [0.25, 0.3) is 0 Å². The van der Waals surface area contributed by atoms with Gasteiger partial charge in [-0.1, -0.05) is 0 Å². The molecule has 0 aliphatic heterocycles. The number of rotatable bonds is 1. The number of ether oxygens (including phenoxy) is 1. The molecule has 0 fully saturated rings. The van der Waals surface area contributed by atoms with Gasteiger partial charge in [-0.3, -0.25) is 5.21 Å². The third-order valence-corrected chi connectivity index (χ3v) is 0.367. The Hall–Kier alpha value is -0.770. The molecule has 0 unspecified atom stereocenters. The van der Waals surface area contributed by atoms with Crippen molar-refractivity contribution in [3.63, 3.8) is 0 Å².